The van der Waals surface area contributed by atoms with Gasteiger partial charge in [0.2, 0.25) is 0 Å². The highest BCUT2D eigenvalue weighted by molar-refractivity contribution is 5.70. The Hall–Kier alpha value is -2.53. The van der Waals surface area contributed by atoms with E-state index in [2.05, 4.69) is 28.7 Å². The minimum absolute atomic E-state index is 0.0695. The van der Waals surface area contributed by atoms with E-state index in [4.69, 9.17) is 9.47 Å². The maximum absolute atomic E-state index is 11.1. The van der Waals surface area contributed by atoms with Crippen molar-refractivity contribution in [3.63, 3.8) is 0 Å². The van der Waals surface area contributed by atoms with Crippen LogP contribution in [0, 0.1) is 6.92 Å². The normalized spacial score (nSPS) is 14.6. The topological polar surface area (TPSA) is 48.0 Å². The van der Waals surface area contributed by atoms with Crippen LogP contribution < -0.4 is 9.47 Å². The van der Waals surface area contributed by atoms with Gasteiger partial charge >= 0.3 is 5.97 Å². The molecular weight excluding hydrogens is 318 g/mol. The fourth-order valence-electron chi connectivity index (χ4n) is 2.76. The van der Waals surface area contributed by atoms with Crippen molar-refractivity contribution >= 4 is 5.97 Å². The van der Waals surface area contributed by atoms with Crippen LogP contribution in [0.1, 0.15) is 11.1 Å². The average Bonchev–Trinajstić information content (AvgIpc) is 2.59. The smallest absolute Gasteiger partial charge is 0.343 e. The number of nitrogens with zero attached hydrogens (tertiary/aromatic N) is 1. The van der Waals surface area contributed by atoms with E-state index in [1.54, 1.807) is 0 Å². The maximum Gasteiger partial charge on any atom is 0.343 e. The van der Waals surface area contributed by atoms with Gasteiger partial charge in [-0.15, -0.1) is 0 Å². The van der Waals surface area contributed by atoms with Crippen LogP contribution in [0.2, 0.25) is 0 Å². The molecule has 2 aromatic rings. The van der Waals surface area contributed by atoms with Crippen LogP contribution >= 0.6 is 0 Å². The molecule has 1 saturated heterocycles. The molecule has 0 aromatic heterocycles. The summed E-state index contributed by atoms with van der Waals surface area (Å²) in [6, 6.07) is 15.9. The van der Waals surface area contributed by atoms with Crippen LogP contribution in [0.5, 0.6) is 11.5 Å². The van der Waals surface area contributed by atoms with Crippen molar-refractivity contribution in [1.82, 2.24) is 4.90 Å². The first-order chi connectivity index (χ1) is 12.1. The van der Waals surface area contributed by atoms with Crippen LogP contribution in [0.25, 0.3) is 0 Å². The number of hydrogen-bond acceptors (Lipinski definition) is 5. The molecule has 5 nitrogen and oxygen atoms in total. The first-order valence-corrected chi connectivity index (χ1v) is 8.36. The van der Waals surface area contributed by atoms with Crippen molar-refractivity contribution in [3.8, 4) is 11.5 Å². The van der Waals surface area contributed by atoms with Gasteiger partial charge in [-0.3, -0.25) is 4.90 Å². The van der Waals surface area contributed by atoms with Crippen molar-refractivity contribution in [3.05, 3.63) is 59.7 Å². The summed E-state index contributed by atoms with van der Waals surface area (Å²) in [6.45, 7) is 4.73. The number of ether oxygens (including phenoxy) is 3. The molecule has 2 aromatic carbocycles. The second-order valence-corrected chi connectivity index (χ2v) is 6.26. The number of benzene rings is 2. The van der Waals surface area contributed by atoms with Gasteiger partial charge in [0.25, 0.3) is 0 Å². The molecule has 1 aliphatic rings. The van der Waals surface area contributed by atoms with Gasteiger partial charge in [-0.25, -0.2) is 4.79 Å². The third-order valence-corrected chi connectivity index (χ3v) is 4.13. The SMILES string of the molecule is COC(=O)COc1ccc(CN2CC(Oc3cccc(C)c3)C2)cc1. The predicted molar refractivity (Wildman–Crippen MR) is 94.8 cm³/mol. The lowest BCUT2D eigenvalue weighted by Crippen LogP contribution is -2.53. The fourth-order valence-corrected chi connectivity index (χ4v) is 2.76. The average molecular weight is 341 g/mol. The lowest BCUT2D eigenvalue weighted by atomic mass is 10.1. The highest BCUT2D eigenvalue weighted by atomic mass is 16.6. The maximum atomic E-state index is 11.1. The summed E-state index contributed by atoms with van der Waals surface area (Å²) in [5.41, 5.74) is 2.42. The summed E-state index contributed by atoms with van der Waals surface area (Å²) in [6.07, 6.45) is 0.254. The Morgan fingerprint density at radius 3 is 2.56 bits per heavy atom. The molecule has 0 atom stereocenters. The summed E-state index contributed by atoms with van der Waals surface area (Å²) in [7, 11) is 1.35. The van der Waals surface area contributed by atoms with Crippen molar-refractivity contribution < 1.29 is 19.0 Å². The van der Waals surface area contributed by atoms with E-state index in [0.717, 1.165) is 25.4 Å². The minimum Gasteiger partial charge on any atom is -0.488 e. The zero-order chi connectivity index (χ0) is 17.6. The molecule has 0 N–H and O–H groups in total. The third-order valence-electron chi connectivity index (χ3n) is 4.13. The number of esters is 1. The second-order valence-electron chi connectivity index (χ2n) is 6.26. The number of carbonyl (C=O) groups is 1. The van der Waals surface area contributed by atoms with Crippen LogP contribution in [0.4, 0.5) is 0 Å². The Morgan fingerprint density at radius 1 is 1.12 bits per heavy atom. The van der Waals surface area contributed by atoms with E-state index in [-0.39, 0.29) is 18.7 Å². The summed E-state index contributed by atoms with van der Waals surface area (Å²) < 4.78 is 15.9. The van der Waals surface area contributed by atoms with Gasteiger partial charge < -0.3 is 14.2 Å². The number of likely N-dealkylation sites (tertiary alicyclic amines) is 1. The van der Waals surface area contributed by atoms with Crippen LogP contribution in [0.15, 0.2) is 48.5 Å². The Morgan fingerprint density at radius 2 is 1.88 bits per heavy atom. The van der Waals surface area contributed by atoms with E-state index < -0.39 is 0 Å². The van der Waals surface area contributed by atoms with Gasteiger partial charge in [-0.2, -0.15) is 0 Å². The molecular formula is C20H23NO4. The van der Waals surface area contributed by atoms with Gasteiger partial charge in [0.05, 0.1) is 7.11 Å². The van der Waals surface area contributed by atoms with Crippen molar-refractivity contribution in [2.45, 2.75) is 19.6 Å². The summed E-state index contributed by atoms with van der Waals surface area (Å²) in [5, 5.41) is 0. The zero-order valence-corrected chi connectivity index (χ0v) is 14.6. The molecule has 0 spiro atoms. The predicted octanol–water partition coefficient (Wildman–Crippen LogP) is 2.81. The molecule has 0 aliphatic carbocycles. The number of carbonyl (C=O) groups excluding carboxylic acids is 1. The molecule has 0 amide bonds. The van der Waals surface area contributed by atoms with Crippen molar-refractivity contribution in [2.24, 2.45) is 0 Å². The number of hydrogen-bond donors (Lipinski definition) is 0. The molecule has 5 heteroatoms. The van der Waals surface area contributed by atoms with E-state index in [9.17, 15) is 4.79 Å². The Balaban J connectivity index is 1.41. The summed E-state index contributed by atoms with van der Waals surface area (Å²) in [5.74, 6) is 1.22. The van der Waals surface area contributed by atoms with E-state index in [1.807, 2.05) is 36.4 Å². The molecule has 1 heterocycles. The molecule has 25 heavy (non-hydrogen) atoms. The monoisotopic (exact) mass is 341 g/mol. The van der Waals surface area contributed by atoms with E-state index >= 15 is 0 Å². The van der Waals surface area contributed by atoms with Crippen molar-refractivity contribution in [1.29, 1.82) is 0 Å². The first kappa shape index (κ1) is 17.3. The minimum atomic E-state index is -0.385. The summed E-state index contributed by atoms with van der Waals surface area (Å²) >= 11 is 0. The quantitative estimate of drug-likeness (QED) is 0.725. The highest BCUT2D eigenvalue weighted by Gasteiger charge is 2.28. The van der Waals surface area contributed by atoms with E-state index in [0.29, 0.717) is 5.75 Å². The Kier molecular flexibility index (Phi) is 5.56. The fraction of sp³-hybridized carbons (Fsp3) is 0.350. The lowest BCUT2D eigenvalue weighted by molar-refractivity contribution is -0.142. The van der Waals surface area contributed by atoms with Crippen LogP contribution in [0.3, 0.4) is 0 Å². The molecule has 0 saturated carbocycles. The highest BCUT2D eigenvalue weighted by Crippen LogP contribution is 2.21. The lowest BCUT2D eigenvalue weighted by Gasteiger charge is -2.39. The number of aryl methyl sites for hydroxylation is 1. The van der Waals surface area contributed by atoms with Crippen molar-refractivity contribution in [2.75, 3.05) is 26.8 Å². The molecule has 3 rings (SSSR count). The number of rotatable bonds is 7. The third kappa shape index (κ3) is 4.97. The molecule has 1 fully saturated rings. The standard InChI is InChI=1S/C20H23NO4/c1-15-4-3-5-18(10-15)25-19-12-21(13-19)11-16-6-8-17(9-7-16)24-14-20(22)23-2/h3-10,19H,11-14H2,1-2H3. The Labute approximate surface area is 148 Å². The van der Waals surface area contributed by atoms with Gasteiger partial charge in [0.1, 0.15) is 17.6 Å². The van der Waals surface area contributed by atoms with Gasteiger partial charge in [-0.1, -0.05) is 24.3 Å². The first-order valence-electron chi connectivity index (χ1n) is 8.36. The second kappa shape index (κ2) is 8.03. The van der Waals surface area contributed by atoms with Gasteiger partial charge in [0.15, 0.2) is 6.61 Å². The largest absolute Gasteiger partial charge is 0.488 e. The Bertz CT molecular complexity index is 708. The van der Waals surface area contributed by atoms with E-state index in [1.165, 1.54) is 18.2 Å². The molecule has 0 unspecified atom stereocenters. The zero-order valence-electron chi connectivity index (χ0n) is 14.6. The van der Waals surface area contributed by atoms with Gasteiger partial charge in [-0.05, 0) is 42.3 Å². The molecule has 0 radical (unpaired) electrons. The van der Waals surface area contributed by atoms with Gasteiger partial charge in [0, 0.05) is 19.6 Å². The summed E-state index contributed by atoms with van der Waals surface area (Å²) in [4.78, 5) is 13.4. The number of methoxy groups -OCH3 is 1. The molecule has 132 valence electrons. The molecule has 1 aliphatic heterocycles. The van der Waals surface area contributed by atoms with Crippen LogP contribution in [-0.2, 0) is 16.1 Å². The molecule has 0 bridgehead atoms. The van der Waals surface area contributed by atoms with Crippen LogP contribution in [-0.4, -0.2) is 43.8 Å².